The van der Waals surface area contributed by atoms with E-state index >= 15 is 0 Å². The fourth-order valence-electron chi connectivity index (χ4n) is 3.15. The smallest absolute Gasteiger partial charge is 0.294 e. The van der Waals surface area contributed by atoms with E-state index in [0.29, 0.717) is 16.4 Å². The van der Waals surface area contributed by atoms with E-state index in [1.165, 1.54) is 28.4 Å². The van der Waals surface area contributed by atoms with E-state index in [9.17, 15) is 19.1 Å². The number of hydrogen-bond acceptors (Lipinski definition) is 5. The maximum Gasteiger partial charge on any atom is 0.294 e. The van der Waals surface area contributed by atoms with Gasteiger partial charge < -0.3 is 9.52 Å². The summed E-state index contributed by atoms with van der Waals surface area (Å²) in [6.45, 7) is 1.73. The number of Topliss-reactive ketones (excluding diaryl/α,β-unsaturated/α-hetero) is 1. The van der Waals surface area contributed by atoms with Gasteiger partial charge in [0.25, 0.3) is 5.91 Å². The first kappa shape index (κ1) is 18.5. The Morgan fingerprint density at radius 3 is 2.68 bits per heavy atom. The van der Waals surface area contributed by atoms with Gasteiger partial charge >= 0.3 is 0 Å². The number of benzene rings is 1. The standard InChI is InChI=1S/C20H13ClFNO4S/c1-10-4-7-14(27-10)17-16(18(24)15-3-2-8-28-15)19(25)20(26)23(17)11-5-6-13(22)12(21)9-11/h2-9,17,25H,1H3. The normalized spacial score (nSPS) is 16.9. The number of rotatable bonds is 4. The van der Waals surface area contributed by atoms with Crippen molar-refractivity contribution in [1.82, 2.24) is 0 Å². The first-order valence-corrected chi connectivity index (χ1v) is 9.50. The lowest BCUT2D eigenvalue weighted by Gasteiger charge is -2.25. The first-order valence-electron chi connectivity index (χ1n) is 8.24. The van der Waals surface area contributed by atoms with Gasteiger partial charge in [0.05, 0.1) is 15.5 Å². The van der Waals surface area contributed by atoms with Crippen molar-refractivity contribution in [2.45, 2.75) is 13.0 Å². The highest BCUT2D eigenvalue weighted by molar-refractivity contribution is 7.12. The molecule has 0 saturated carbocycles. The highest BCUT2D eigenvalue weighted by Crippen LogP contribution is 2.43. The second kappa shape index (κ2) is 6.92. The van der Waals surface area contributed by atoms with E-state index in [1.807, 2.05) is 0 Å². The highest BCUT2D eigenvalue weighted by Gasteiger charge is 2.46. The van der Waals surface area contributed by atoms with E-state index in [4.69, 9.17) is 16.0 Å². The summed E-state index contributed by atoms with van der Waals surface area (Å²) in [5.41, 5.74) is 0.137. The zero-order chi connectivity index (χ0) is 20.0. The van der Waals surface area contributed by atoms with Gasteiger partial charge in [0, 0.05) is 5.69 Å². The topological polar surface area (TPSA) is 70.8 Å². The minimum absolute atomic E-state index is 0.0951. The van der Waals surface area contributed by atoms with Crippen molar-refractivity contribution in [2.75, 3.05) is 4.90 Å². The van der Waals surface area contributed by atoms with Crippen LogP contribution in [0.4, 0.5) is 10.1 Å². The lowest BCUT2D eigenvalue weighted by atomic mass is 10.00. The third-order valence-corrected chi connectivity index (χ3v) is 5.57. The van der Waals surface area contributed by atoms with E-state index in [0.717, 1.165) is 6.07 Å². The fraction of sp³-hybridized carbons (Fsp3) is 0.100. The quantitative estimate of drug-likeness (QED) is 0.590. The molecule has 28 heavy (non-hydrogen) atoms. The molecule has 2 aromatic heterocycles. The van der Waals surface area contributed by atoms with Crippen LogP contribution >= 0.6 is 22.9 Å². The van der Waals surface area contributed by atoms with Crippen LogP contribution in [0.5, 0.6) is 0 Å². The van der Waals surface area contributed by atoms with Gasteiger partial charge in [-0.05, 0) is 48.7 Å². The van der Waals surface area contributed by atoms with E-state index in [-0.39, 0.29) is 16.3 Å². The molecule has 0 radical (unpaired) electrons. The number of furan rings is 1. The average Bonchev–Trinajstić information content (AvgIpc) is 3.39. The summed E-state index contributed by atoms with van der Waals surface area (Å²) in [5, 5.41) is 12.1. The summed E-state index contributed by atoms with van der Waals surface area (Å²) in [7, 11) is 0. The molecular weight excluding hydrogens is 405 g/mol. The number of ketones is 1. The molecular formula is C20H13ClFNO4S. The number of amides is 1. The monoisotopic (exact) mass is 417 g/mol. The minimum atomic E-state index is -1.00. The number of thiophene rings is 1. The number of aryl methyl sites for hydroxylation is 1. The molecule has 0 aliphatic carbocycles. The molecule has 1 aromatic carbocycles. The Kier molecular flexibility index (Phi) is 4.56. The third-order valence-electron chi connectivity index (χ3n) is 4.41. The Hall–Kier alpha value is -2.90. The maximum atomic E-state index is 13.6. The Balaban J connectivity index is 1.88. The fourth-order valence-corrected chi connectivity index (χ4v) is 4.00. The molecule has 1 atom stereocenters. The maximum absolute atomic E-state index is 13.6. The van der Waals surface area contributed by atoms with E-state index in [2.05, 4.69) is 0 Å². The Labute approximate surface area is 168 Å². The van der Waals surface area contributed by atoms with Crippen LogP contribution < -0.4 is 4.90 Å². The molecule has 0 saturated heterocycles. The van der Waals surface area contributed by atoms with Gasteiger partial charge in [0.1, 0.15) is 23.4 Å². The van der Waals surface area contributed by atoms with Gasteiger partial charge in [-0.1, -0.05) is 17.7 Å². The number of halogens is 2. The SMILES string of the molecule is Cc1ccc(C2C(C(=O)c3cccs3)=C(O)C(=O)N2c2ccc(F)c(Cl)c2)o1. The number of aliphatic hydroxyl groups is 1. The Morgan fingerprint density at radius 1 is 1.29 bits per heavy atom. The van der Waals surface area contributed by atoms with Crippen LogP contribution in [0.25, 0.3) is 0 Å². The molecule has 0 spiro atoms. The van der Waals surface area contributed by atoms with Gasteiger partial charge in [-0.25, -0.2) is 4.39 Å². The lowest BCUT2D eigenvalue weighted by Crippen LogP contribution is -2.30. The van der Waals surface area contributed by atoms with Crippen LogP contribution in [0.1, 0.15) is 27.2 Å². The minimum Gasteiger partial charge on any atom is -0.503 e. The van der Waals surface area contributed by atoms with Crippen molar-refractivity contribution in [1.29, 1.82) is 0 Å². The van der Waals surface area contributed by atoms with Gasteiger partial charge in [-0.3, -0.25) is 14.5 Å². The second-order valence-corrected chi connectivity index (χ2v) is 7.55. The van der Waals surface area contributed by atoms with Crippen molar-refractivity contribution in [3.05, 3.63) is 86.4 Å². The van der Waals surface area contributed by atoms with Crippen LogP contribution in [0.3, 0.4) is 0 Å². The zero-order valence-corrected chi connectivity index (χ0v) is 16.1. The van der Waals surface area contributed by atoms with E-state index in [1.54, 1.807) is 36.6 Å². The van der Waals surface area contributed by atoms with Crippen LogP contribution in [0.2, 0.25) is 5.02 Å². The number of nitrogens with zero attached hydrogens (tertiary/aromatic N) is 1. The number of anilines is 1. The van der Waals surface area contributed by atoms with Crippen LogP contribution in [0.15, 0.2) is 63.6 Å². The third kappa shape index (κ3) is 2.93. The first-order chi connectivity index (χ1) is 13.4. The molecule has 8 heteroatoms. The zero-order valence-electron chi connectivity index (χ0n) is 14.5. The summed E-state index contributed by atoms with van der Waals surface area (Å²) in [6.07, 6.45) is 0. The lowest BCUT2D eigenvalue weighted by molar-refractivity contribution is -0.117. The summed E-state index contributed by atoms with van der Waals surface area (Å²) >= 11 is 7.08. The number of hydrogen-bond donors (Lipinski definition) is 1. The summed E-state index contributed by atoms with van der Waals surface area (Å²) < 4.78 is 19.3. The molecule has 1 aliphatic heterocycles. The summed E-state index contributed by atoms with van der Waals surface area (Å²) in [5.74, 6) is -1.70. The molecule has 3 aromatic rings. The Bertz CT molecular complexity index is 1120. The van der Waals surface area contributed by atoms with Crippen molar-refractivity contribution in [3.63, 3.8) is 0 Å². The molecule has 1 aliphatic rings. The highest BCUT2D eigenvalue weighted by atomic mass is 35.5. The molecule has 1 amide bonds. The average molecular weight is 418 g/mol. The van der Waals surface area contributed by atoms with Crippen LogP contribution in [-0.2, 0) is 4.79 Å². The van der Waals surface area contributed by atoms with Crippen molar-refractivity contribution in [3.8, 4) is 0 Å². The van der Waals surface area contributed by atoms with Gasteiger partial charge in [0.15, 0.2) is 5.76 Å². The van der Waals surface area contributed by atoms with Crippen molar-refractivity contribution >= 4 is 40.3 Å². The Morgan fingerprint density at radius 2 is 2.07 bits per heavy atom. The number of carbonyl (C=O) groups is 2. The number of carbonyl (C=O) groups excluding carboxylic acids is 2. The molecule has 0 bridgehead atoms. The number of aliphatic hydroxyl groups excluding tert-OH is 1. The molecule has 3 heterocycles. The molecule has 1 N–H and O–H groups in total. The molecule has 1 unspecified atom stereocenters. The van der Waals surface area contributed by atoms with Crippen molar-refractivity contribution in [2.24, 2.45) is 0 Å². The largest absolute Gasteiger partial charge is 0.503 e. The summed E-state index contributed by atoms with van der Waals surface area (Å²) in [4.78, 5) is 27.5. The van der Waals surface area contributed by atoms with Crippen LogP contribution in [0, 0.1) is 12.7 Å². The van der Waals surface area contributed by atoms with Crippen molar-refractivity contribution < 1.29 is 23.5 Å². The predicted octanol–water partition coefficient (Wildman–Crippen LogP) is 5.22. The molecule has 4 rings (SSSR count). The van der Waals surface area contributed by atoms with Crippen LogP contribution in [-0.4, -0.2) is 16.8 Å². The van der Waals surface area contributed by atoms with Gasteiger partial charge in [0.2, 0.25) is 5.78 Å². The second-order valence-electron chi connectivity index (χ2n) is 6.19. The van der Waals surface area contributed by atoms with E-state index < -0.39 is 29.3 Å². The van der Waals surface area contributed by atoms with Gasteiger partial charge in [-0.15, -0.1) is 11.3 Å². The molecule has 142 valence electrons. The molecule has 5 nitrogen and oxygen atoms in total. The molecule has 0 fully saturated rings. The summed E-state index contributed by atoms with van der Waals surface area (Å²) in [6, 6.07) is 9.37. The predicted molar refractivity (Wildman–Crippen MR) is 103 cm³/mol. The van der Waals surface area contributed by atoms with Gasteiger partial charge in [-0.2, -0.15) is 0 Å².